The van der Waals surface area contributed by atoms with Gasteiger partial charge in [-0.25, -0.2) is 0 Å². The first-order valence-electron chi connectivity index (χ1n) is 8.53. The highest BCUT2D eigenvalue weighted by atomic mass is 32.2. The molecule has 0 aliphatic carbocycles. The lowest BCUT2D eigenvalue weighted by Crippen LogP contribution is -2.48. The first-order chi connectivity index (χ1) is 11.7. The summed E-state index contributed by atoms with van der Waals surface area (Å²) in [6, 6.07) is 4.51. The third kappa shape index (κ3) is 3.67. The SMILES string of the molecule is C[C@@H]1CCC[C@H](C)N1C(=O)CSC1=C(C#N)C(C)(C)[C@H](C#N)C(=O)N1. The summed E-state index contributed by atoms with van der Waals surface area (Å²) in [5.74, 6) is -1.14. The Morgan fingerprint density at radius 1 is 1.32 bits per heavy atom. The molecule has 7 heteroatoms. The van der Waals surface area contributed by atoms with Crippen LogP contribution in [-0.4, -0.2) is 34.6 Å². The monoisotopic (exact) mass is 360 g/mol. The molecule has 2 aliphatic heterocycles. The number of amides is 2. The van der Waals surface area contributed by atoms with E-state index in [1.165, 1.54) is 11.8 Å². The zero-order chi connectivity index (χ0) is 18.8. The lowest BCUT2D eigenvalue weighted by Gasteiger charge is -2.39. The van der Waals surface area contributed by atoms with E-state index in [4.69, 9.17) is 0 Å². The van der Waals surface area contributed by atoms with Gasteiger partial charge >= 0.3 is 0 Å². The van der Waals surface area contributed by atoms with Gasteiger partial charge < -0.3 is 10.2 Å². The molecule has 0 spiro atoms. The Morgan fingerprint density at radius 2 is 1.92 bits per heavy atom. The average Bonchev–Trinajstić information content (AvgIpc) is 2.52. The third-order valence-electron chi connectivity index (χ3n) is 5.15. The molecule has 0 saturated carbocycles. The van der Waals surface area contributed by atoms with Crippen LogP contribution in [0.25, 0.3) is 0 Å². The fourth-order valence-corrected chi connectivity index (χ4v) is 4.70. The lowest BCUT2D eigenvalue weighted by molar-refractivity contribution is -0.134. The summed E-state index contributed by atoms with van der Waals surface area (Å²) in [5, 5.41) is 21.8. The molecule has 0 aromatic rings. The fraction of sp³-hybridized carbons (Fsp3) is 0.667. The van der Waals surface area contributed by atoms with Crippen LogP contribution in [-0.2, 0) is 9.59 Å². The van der Waals surface area contributed by atoms with E-state index in [9.17, 15) is 20.1 Å². The highest BCUT2D eigenvalue weighted by Crippen LogP contribution is 2.41. The zero-order valence-corrected chi connectivity index (χ0v) is 15.9. The number of nitriles is 2. The predicted octanol–water partition coefficient (Wildman–Crippen LogP) is 2.54. The minimum absolute atomic E-state index is 0.0175. The number of thioether (sulfide) groups is 1. The minimum Gasteiger partial charge on any atom is -0.337 e. The summed E-state index contributed by atoms with van der Waals surface area (Å²) >= 11 is 1.18. The molecule has 6 nitrogen and oxygen atoms in total. The Kier molecular flexibility index (Phi) is 5.80. The zero-order valence-electron chi connectivity index (χ0n) is 15.1. The van der Waals surface area contributed by atoms with E-state index < -0.39 is 17.2 Å². The fourth-order valence-electron chi connectivity index (χ4n) is 3.66. The molecule has 134 valence electrons. The molecule has 0 radical (unpaired) electrons. The number of likely N-dealkylation sites (tertiary alicyclic amines) is 1. The molecule has 2 amide bonds. The maximum absolute atomic E-state index is 12.7. The molecule has 2 rings (SSSR count). The maximum Gasteiger partial charge on any atom is 0.243 e. The molecule has 3 atom stereocenters. The van der Waals surface area contributed by atoms with Gasteiger partial charge in [0.1, 0.15) is 5.92 Å². The van der Waals surface area contributed by atoms with E-state index in [0.29, 0.717) is 10.6 Å². The van der Waals surface area contributed by atoms with Gasteiger partial charge in [-0.05, 0) is 33.1 Å². The van der Waals surface area contributed by atoms with Crippen molar-refractivity contribution in [1.82, 2.24) is 10.2 Å². The van der Waals surface area contributed by atoms with Gasteiger partial charge in [0, 0.05) is 17.5 Å². The first-order valence-corrected chi connectivity index (χ1v) is 9.51. The highest BCUT2D eigenvalue weighted by molar-refractivity contribution is 8.03. The van der Waals surface area contributed by atoms with Gasteiger partial charge in [-0.2, -0.15) is 10.5 Å². The molecule has 25 heavy (non-hydrogen) atoms. The number of nitrogens with one attached hydrogen (secondary N) is 1. The van der Waals surface area contributed by atoms with Crippen LogP contribution in [0.3, 0.4) is 0 Å². The molecule has 2 aliphatic rings. The summed E-state index contributed by atoms with van der Waals surface area (Å²) in [6.45, 7) is 7.55. The van der Waals surface area contributed by atoms with Crippen molar-refractivity contribution >= 4 is 23.6 Å². The van der Waals surface area contributed by atoms with Gasteiger partial charge in [0.2, 0.25) is 11.8 Å². The number of piperidine rings is 1. The molecule has 0 unspecified atom stereocenters. The molecule has 1 saturated heterocycles. The van der Waals surface area contributed by atoms with Crippen LogP contribution in [0.1, 0.15) is 47.0 Å². The number of nitrogens with zero attached hydrogens (tertiary/aromatic N) is 3. The largest absolute Gasteiger partial charge is 0.337 e. The van der Waals surface area contributed by atoms with Gasteiger partial charge in [-0.1, -0.05) is 25.6 Å². The van der Waals surface area contributed by atoms with Crippen LogP contribution < -0.4 is 5.32 Å². The Hall–Kier alpha value is -1.99. The smallest absolute Gasteiger partial charge is 0.243 e. The van der Waals surface area contributed by atoms with Crippen LogP contribution in [0.5, 0.6) is 0 Å². The van der Waals surface area contributed by atoms with Gasteiger partial charge in [0.15, 0.2) is 0 Å². The Balaban J connectivity index is 2.17. The maximum atomic E-state index is 12.7. The van der Waals surface area contributed by atoms with Crippen molar-refractivity contribution in [3.05, 3.63) is 10.6 Å². The van der Waals surface area contributed by atoms with E-state index in [1.54, 1.807) is 13.8 Å². The number of rotatable bonds is 3. The molecule has 1 N–H and O–H groups in total. The second-order valence-corrected chi connectivity index (χ2v) is 8.29. The quantitative estimate of drug-likeness (QED) is 0.834. The summed E-state index contributed by atoms with van der Waals surface area (Å²) in [6.07, 6.45) is 3.13. The molecule has 0 aromatic heterocycles. The Bertz CT molecular complexity index is 676. The molecular formula is C18H24N4O2S. The van der Waals surface area contributed by atoms with E-state index >= 15 is 0 Å². The van der Waals surface area contributed by atoms with Crippen LogP contribution >= 0.6 is 11.8 Å². The van der Waals surface area contributed by atoms with Crippen LogP contribution in [0.2, 0.25) is 0 Å². The number of carbonyl (C=O) groups is 2. The van der Waals surface area contributed by atoms with E-state index in [2.05, 4.69) is 25.2 Å². The lowest BCUT2D eigenvalue weighted by atomic mass is 9.72. The Labute approximate surface area is 153 Å². The van der Waals surface area contributed by atoms with E-state index in [-0.39, 0.29) is 23.7 Å². The van der Waals surface area contributed by atoms with E-state index in [0.717, 1.165) is 19.3 Å². The number of allylic oxidation sites excluding steroid dienone is 1. The number of hydrogen-bond acceptors (Lipinski definition) is 5. The molecule has 1 fully saturated rings. The summed E-state index contributed by atoms with van der Waals surface area (Å²) in [5.41, 5.74) is -0.515. The van der Waals surface area contributed by atoms with Crippen molar-refractivity contribution in [3.8, 4) is 12.1 Å². The number of hydrogen-bond donors (Lipinski definition) is 1. The summed E-state index contributed by atoms with van der Waals surface area (Å²) in [4.78, 5) is 26.7. The second kappa shape index (κ2) is 7.49. The van der Waals surface area contributed by atoms with Crippen molar-refractivity contribution in [3.63, 3.8) is 0 Å². The Morgan fingerprint density at radius 3 is 2.44 bits per heavy atom. The normalized spacial score (nSPS) is 28.8. The van der Waals surface area contributed by atoms with Crippen LogP contribution in [0, 0.1) is 34.0 Å². The van der Waals surface area contributed by atoms with E-state index in [1.807, 2.05) is 11.0 Å². The molecule has 0 bridgehead atoms. The van der Waals surface area contributed by atoms with Crippen molar-refractivity contribution in [2.24, 2.45) is 11.3 Å². The molecular weight excluding hydrogens is 336 g/mol. The predicted molar refractivity (Wildman–Crippen MR) is 95.7 cm³/mol. The van der Waals surface area contributed by atoms with Crippen molar-refractivity contribution in [2.45, 2.75) is 59.0 Å². The third-order valence-corrected chi connectivity index (χ3v) is 6.14. The van der Waals surface area contributed by atoms with Gasteiger partial charge in [-0.15, -0.1) is 0 Å². The van der Waals surface area contributed by atoms with Gasteiger partial charge in [0.25, 0.3) is 0 Å². The summed E-state index contributed by atoms with van der Waals surface area (Å²) < 4.78 is 0. The summed E-state index contributed by atoms with van der Waals surface area (Å²) in [7, 11) is 0. The topological polar surface area (TPSA) is 97.0 Å². The first kappa shape index (κ1) is 19.3. The standard InChI is InChI=1S/C18H24N4O2S/c1-11-6-5-7-12(2)22(11)15(23)10-25-17-14(9-20)18(3,4)13(8-19)16(24)21-17/h11-13H,5-7,10H2,1-4H3,(H,21,24)/t11-,12+,13-/m1/s1. The minimum atomic E-state index is -0.913. The van der Waals surface area contributed by atoms with Gasteiger partial charge in [-0.3, -0.25) is 9.59 Å². The average molecular weight is 360 g/mol. The highest BCUT2D eigenvalue weighted by Gasteiger charge is 2.44. The second-order valence-electron chi connectivity index (χ2n) is 7.31. The number of carbonyl (C=O) groups excluding carboxylic acids is 2. The van der Waals surface area contributed by atoms with Crippen molar-refractivity contribution < 1.29 is 9.59 Å². The molecule has 0 aromatic carbocycles. The van der Waals surface area contributed by atoms with Gasteiger partial charge in [0.05, 0.1) is 28.5 Å². The van der Waals surface area contributed by atoms with Crippen molar-refractivity contribution in [1.29, 1.82) is 10.5 Å². The van der Waals surface area contributed by atoms with Crippen LogP contribution in [0.4, 0.5) is 0 Å². The van der Waals surface area contributed by atoms with Crippen molar-refractivity contribution in [2.75, 3.05) is 5.75 Å². The molecule has 2 heterocycles. The van der Waals surface area contributed by atoms with Crippen LogP contribution in [0.15, 0.2) is 10.6 Å².